The number of carbonyl (C=O) groups is 5. The summed E-state index contributed by atoms with van der Waals surface area (Å²) in [6.07, 6.45) is 1.76. The first-order valence-corrected chi connectivity index (χ1v) is 10.7. The van der Waals surface area contributed by atoms with Crippen molar-refractivity contribution in [1.82, 2.24) is 21.3 Å². The number of hydrogen-bond acceptors (Lipinski definition) is 8. The second-order valence-electron chi connectivity index (χ2n) is 8.02. The first kappa shape index (κ1) is 29.4. The Balaban J connectivity index is 5.16. The highest BCUT2D eigenvalue weighted by Gasteiger charge is 2.28. The van der Waals surface area contributed by atoms with Crippen LogP contribution in [-0.2, 0) is 24.0 Å². The Bertz CT molecular complexity index is 642. The fourth-order valence-corrected chi connectivity index (χ4v) is 2.67. The summed E-state index contributed by atoms with van der Waals surface area (Å²) in [6, 6.07) is -3.08. The molecule has 3 atom stereocenters. The van der Waals surface area contributed by atoms with Gasteiger partial charge in [-0.1, -0.05) is 13.8 Å². The SMILES string of the molecule is CC(=O)CNC(=O)CNC(=O)[C@H](CCCCN)NC(=O)[C@@H](CC(C)C)NC(=O)[C@@H](N)CO. The van der Waals surface area contributed by atoms with E-state index >= 15 is 0 Å². The second-order valence-corrected chi connectivity index (χ2v) is 8.02. The lowest BCUT2D eigenvalue weighted by Gasteiger charge is -2.25. The summed E-state index contributed by atoms with van der Waals surface area (Å²) in [7, 11) is 0. The molecule has 0 rings (SSSR count). The number of Topliss-reactive ketones (excluding diaryl/α,β-unsaturated/α-hetero) is 1. The first-order valence-electron chi connectivity index (χ1n) is 10.7. The number of hydrogen-bond donors (Lipinski definition) is 7. The number of ketones is 1. The summed E-state index contributed by atoms with van der Waals surface area (Å²) >= 11 is 0. The van der Waals surface area contributed by atoms with Gasteiger partial charge in [0.05, 0.1) is 19.7 Å². The van der Waals surface area contributed by atoms with Crippen LogP contribution in [0, 0.1) is 5.92 Å². The molecule has 0 fully saturated rings. The molecule has 0 aromatic carbocycles. The minimum Gasteiger partial charge on any atom is -0.394 e. The Hall–Kier alpha value is -2.57. The van der Waals surface area contributed by atoms with Crippen molar-refractivity contribution in [3.8, 4) is 0 Å². The van der Waals surface area contributed by atoms with Crippen LogP contribution < -0.4 is 32.7 Å². The molecule has 0 saturated carbocycles. The quantitative estimate of drug-likeness (QED) is 0.121. The molecular weight excluding hydrogens is 420 g/mol. The number of unbranched alkanes of at least 4 members (excludes halogenated alkanes) is 1. The van der Waals surface area contributed by atoms with E-state index in [2.05, 4.69) is 21.3 Å². The van der Waals surface area contributed by atoms with Crippen molar-refractivity contribution in [2.75, 3.05) is 26.2 Å². The maximum atomic E-state index is 12.8. The number of aliphatic hydroxyl groups is 1. The zero-order valence-electron chi connectivity index (χ0n) is 19.1. The van der Waals surface area contributed by atoms with Gasteiger partial charge >= 0.3 is 0 Å². The Morgan fingerprint density at radius 2 is 1.50 bits per heavy atom. The zero-order valence-corrected chi connectivity index (χ0v) is 19.1. The Morgan fingerprint density at radius 1 is 0.875 bits per heavy atom. The first-order chi connectivity index (χ1) is 15.0. The largest absolute Gasteiger partial charge is 0.394 e. The molecule has 12 nitrogen and oxygen atoms in total. The number of aliphatic hydroxyl groups excluding tert-OH is 1. The predicted octanol–water partition coefficient (Wildman–Crippen LogP) is -2.73. The van der Waals surface area contributed by atoms with Gasteiger partial charge in [0.1, 0.15) is 23.9 Å². The van der Waals surface area contributed by atoms with E-state index in [1.54, 1.807) is 0 Å². The highest BCUT2D eigenvalue weighted by molar-refractivity contribution is 5.94. The van der Waals surface area contributed by atoms with E-state index in [4.69, 9.17) is 16.6 Å². The number of amides is 4. The van der Waals surface area contributed by atoms with E-state index in [0.29, 0.717) is 25.8 Å². The van der Waals surface area contributed by atoms with Crippen LogP contribution in [0.5, 0.6) is 0 Å². The normalized spacial score (nSPS) is 13.6. The van der Waals surface area contributed by atoms with Crippen LogP contribution in [0.4, 0.5) is 0 Å². The monoisotopic (exact) mass is 458 g/mol. The third-order valence-electron chi connectivity index (χ3n) is 4.41. The molecule has 0 saturated heterocycles. The maximum Gasteiger partial charge on any atom is 0.243 e. The lowest BCUT2D eigenvalue weighted by atomic mass is 10.0. The molecule has 4 amide bonds. The van der Waals surface area contributed by atoms with Crippen LogP contribution in [0.15, 0.2) is 0 Å². The number of nitrogens with two attached hydrogens (primary N) is 2. The Morgan fingerprint density at radius 3 is 2.03 bits per heavy atom. The molecule has 0 aliphatic heterocycles. The molecule has 0 heterocycles. The molecule has 0 radical (unpaired) electrons. The molecule has 0 aromatic heterocycles. The molecule has 0 aliphatic carbocycles. The summed E-state index contributed by atoms with van der Waals surface area (Å²) in [5.41, 5.74) is 11.0. The highest BCUT2D eigenvalue weighted by atomic mass is 16.3. The smallest absolute Gasteiger partial charge is 0.243 e. The van der Waals surface area contributed by atoms with Gasteiger partial charge in [0, 0.05) is 0 Å². The van der Waals surface area contributed by atoms with Gasteiger partial charge in [-0.05, 0) is 45.1 Å². The summed E-state index contributed by atoms with van der Waals surface area (Å²) in [4.78, 5) is 60.1. The van der Waals surface area contributed by atoms with E-state index in [1.807, 2.05) is 13.8 Å². The number of rotatable bonds is 16. The molecule has 12 heteroatoms. The molecule has 32 heavy (non-hydrogen) atoms. The summed E-state index contributed by atoms with van der Waals surface area (Å²) in [5.74, 6) is -2.55. The third kappa shape index (κ3) is 13.0. The van der Waals surface area contributed by atoms with Gasteiger partial charge < -0.3 is 37.8 Å². The van der Waals surface area contributed by atoms with Crippen molar-refractivity contribution in [3.05, 3.63) is 0 Å². The molecule has 0 aromatic rings. The lowest BCUT2D eigenvalue weighted by Crippen LogP contribution is -2.57. The van der Waals surface area contributed by atoms with E-state index < -0.39 is 48.4 Å². The third-order valence-corrected chi connectivity index (χ3v) is 4.41. The maximum absolute atomic E-state index is 12.8. The van der Waals surface area contributed by atoms with Gasteiger partial charge in [-0.3, -0.25) is 24.0 Å². The van der Waals surface area contributed by atoms with Crippen LogP contribution in [0.1, 0.15) is 46.5 Å². The molecule has 184 valence electrons. The molecule has 0 bridgehead atoms. The summed E-state index contributed by atoms with van der Waals surface area (Å²) in [5, 5.41) is 19.0. The van der Waals surface area contributed by atoms with Crippen LogP contribution in [0.25, 0.3) is 0 Å². The molecule has 0 unspecified atom stereocenters. The molecule has 0 spiro atoms. The average molecular weight is 459 g/mol. The van der Waals surface area contributed by atoms with Gasteiger partial charge in [0.15, 0.2) is 0 Å². The fraction of sp³-hybridized carbons (Fsp3) is 0.750. The standard InChI is InChI=1S/C20H38N6O6/c1-12(2)8-16(26-18(30)14(22)11-27)20(32)25-15(6-4-5-7-21)19(31)24-10-17(29)23-9-13(3)28/h12,14-16,27H,4-11,21-22H2,1-3H3,(H,23,29)(H,24,31)(H,25,32)(H,26,30)/t14-,15-,16+/m0/s1. The van der Waals surface area contributed by atoms with Crippen LogP contribution in [0.2, 0.25) is 0 Å². The highest BCUT2D eigenvalue weighted by Crippen LogP contribution is 2.08. The van der Waals surface area contributed by atoms with E-state index in [-0.39, 0.29) is 31.2 Å². The number of nitrogens with one attached hydrogen (secondary N) is 4. The summed E-state index contributed by atoms with van der Waals surface area (Å²) < 4.78 is 0. The molecule has 0 aliphatic rings. The second kappa shape index (κ2) is 16.1. The van der Waals surface area contributed by atoms with Gasteiger partial charge in [-0.25, -0.2) is 0 Å². The van der Waals surface area contributed by atoms with E-state index in [9.17, 15) is 24.0 Å². The van der Waals surface area contributed by atoms with Gasteiger partial charge in [0.25, 0.3) is 0 Å². The van der Waals surface area contributed by atoms with Crippen LogP contribution in [0.3, 0.4) is 0 Å². The summed E-state index contributed by atoms with van der Waals surface area (Å²) in [6.45, 7) is 4.40. The van der Waals surface area contributed by atoms with E-state index in [0.717, 1.165) is 0 Å². The van der Waals surface area contributed by atoms with Crippen molar-refractivity contribution in [3.63, 3.8) is 0 Å². The average Bonchev–Trinajstić information content (AvgIpc) is 2.73. The van der Waals surface area contributed by atoms with Gasteiger partial charge in [-0.15, -0.1) is 0 Å². The lowest BCUT2D eigenvalue weighted by molar-refractivity contribution is -0.133. The fourth-order valence-electron chi connectivity index (χ4n) is 2.67. The minimum atomic E-state index is -1.17. The number of carbonyl (C=O) groups excluding carboxylic acids is 5. The van der Waals surface area contributed by atoms with Gasteiger partial charge in [-0.2, -0.15) is 0 Å². The minimum absolute atomic E-state index is 0.0471. The van der Waals surface area contributed by atoms with Crippen molar-refractivity contribution < 1.29 is 29.1 Å². The molecular formula is C20H38N6O6. The van der Waals surface area contributed by atoms with E-state index in [1.165, 1.54) is 6.92 Å². The molecule has 9 N–H and O–H groups in total. The van der Waals surface area contributed by atoms with Crippen molar-refractivity contribution in [1.29, 1.82) is 0 Å². The van der Waals surface area contributed by atoms with Gasteiger partial charge in [0.2, 0.25) is 23.6 Å². The van der Waals surface area contributed by atoms with Crippen molar-refractivity contribution >= 4 is 29.4 Å². The van der Waals surface area contributed by atoms with Crippen LogP contribution >= 0.6 is 0 Å². The topological polar surface area (TPSA) is 206 Å². The zero-order chi connectivity index (χ0) is 24.7. The Kier molecular flexibility index (Phi) is 14.8. The van der Waals surface area contributed by atoms with Crippen molar-refractivity contribution in [2.24, 2.45) is 17.4 Å². The van der Waals surface area contributed by atoms with Crippen LogP contribution in [-0.4, -0.2) is 78.9 Å². The predicted molar refractivity (Wildman–Crippen MR) is 118 cm³/mol. The van der Waals surface area contributed by atoms with Crippen molar-refractivity contribution in [2.45, 2.75) is 64.6 Å². The Labute approximate surface area is 188 Å².